The zero-order chi connectivity index (χ0) is 13.4. The molecule has 1 rings (SSSR count). The third kappa shape index (κ3) is 5.68. The Morgan fingerprint density at radius 1 is 1.39 bits per heavy atom. The number of hydrogen-bond donors (Lipinski definition) is 1. The van der Waals surface area contributed by atoms with Gasteiger partial charge in [0.2, 0.25) is 0 Å². The molecule has 1 aliphatic rings. The highest BCUT2D eigenvalue weighted by Gasteiger charge is 2.20. The first-order valence-corrected chi connectivity index (χ1v) is 7.76. The number of likely N-dealkylation sites (tertiary alicyclic amines) is 1. The second kappa shape index (κ2) is 8.89. The minimum Gasteiger partial charge on any atom is -0.330 e. The molecular weight excluding hydrogens is 222 g/mol. The molecule has 1 aliphatic heterocycles. The molecule has 0 saturated carbocycles. The van der Waals surface area contributed by atoms with Gasteiger partial charge in [0, 0.05) is 12.6 Å². The van der Waals surface area contributed by atoms with Crippen LogP contribution in [0.5, 0.6) is 0 Å². The standard InChI is InChI=1S/C15H33N3/c1-4-14(9-10-16)7-5-12-18(3)15-8-6-11-17(2)13-15/h14-15H,4-13,16H2,1-3H3. The van der Waals surface area contributed by atoms with Crippen molar-refractivity contribution in [1.29, 1.82) is 0 Å². The first-order valence-electron chi connectivity index (χ1n) is 7.76. The van der Waals surface area contributed by atoms with Gasteiger partial charge in [0.1, 0.15) is 0 Å². The summed E-state index contributed by atoms with van der Waals surface area (Å²) < 4.78 is 0. The quantitative estimate of drug-likeness (QED) is 0.721. The molecule has 2 unspecified atom stereocenters. The molecule has 0 aromatic rings. The fraction of sp³-hybridized carbons (Fsp3) is 1.00. The van der Waals surface area contributed by atoms with Crippen LogP contribution in [0.3, 0.4) is 0 Å². The lowest BCUT2D eigenvalue weighted by molar-refractivity contribution is 0.131. The second-order valence-corrected chi connectivity index (χ2v) is 6.03. The SMILES string of the molecule is CCC(CCN)CCCN(C)C1CCCN(C)C1. The molecular formula is C15H33N3. The molecule has 18 heavy (non-hydrogen) atoms. The third-order valence-corrected chi connectivity index (χ3v) is 4.50. The van der Waals surface area contributed by atoms with E-state index in [1.807, 2.05) is 0 Å². The smallest absolute Gasteiger partial charge is 0.0220 e. The lowest BCUT2D eigenvalue weighted by atomic mass is 9.96. The molecule has 3 nitrogen and oxygen atoms in total. The Morgan fingerprint density at radius 3 is 2.78 bits per heavy atom. The first-order chi connectivity index (χ1) is 8.67. The summed E-state index contributed by atoms with van der Waals surface area (Å²) in [5, 5.41) is 0. The fourth-order valence-electron chi connectivity index (χ4n) is 3.10. The molecule has 0 radical (unpaired) electrons. The summed E-state index contributed by atoms with van der Waals surface area (Å²) in [6.07, 6.45) is 7.90. The minimum atomic E-state index is 0.776. The highest BCUT2D eigenvalue weighted by atomic mass is 15.2. The predicted octanol–water partition coefficient (Wildman–Crippen LogP) is 2.17. The van der Waals surface area contributed by atoms with Crippen molar-refractivity contribution in [3.63, 3.8) is 0 Å². The Bertz CT molecular complexity index is 208. The van der Waals surface area contributed by atoms with E-state index in [1.54, 1.807) is 0 Å². The van der Waals surface area contributed by atoms with E-state index in [0.29, 0.717) is 0 Å². The zero-order valence-electron chi connectivity index (χ0n) is 12.7. The van der Waals surface area contributed by atoms with Gasteiger partial charge in [0.15, 0.2) is 0 Å². The summed E-state index contributed by atoms with van der Waals surface area (Å²) in [5.41, 5.74) is 5.65. The fourth-order valence-corrected chi connectivity index (χ4v) is 3.10. The summed E-state index contributed by atoms with van der Waals surface area (Å²) in [4.78, 5) is 5.04. The number of nitrogens with zero attached hydrogens (tertiary/aromatic N) is 2. The summed E-state index contributed by atoms with van der Waals surface area (Å²) in [6, 6.07) is 0.776. The number of rotatable bonds is 8. The van der Waals surface area contributed by atoms with E-state index >= 15 is 0 Å². The van der Waals surface area contributed by atoms with Gasteiger partial charge < -0.3 is 15.5 Å². The van der Waals surface area contributed by atoms with Crippen molar-refractivity contribution in [1.82, 2.24) is 9.80 Å². The molecule has 0 bridgehead atoms. The lowest BCUT2D eigenvalue weighted by Gasteiger charge is -2.36. The topological polar surface area (TPSA) is 32.5 Å². The van der Waals surface area contributed by atoms with E-state index in [4.69, 9.17) is 5.73 Å². The number of hydrogen-bond acceptors (Lipinski definition) is 3. The van der Waals surface area contributed by atoms with E-state index in [1.165, 1.54) is 58.2 Å². The molecule has 0 aromatic carbocycles. The zero-order valence-corrected chi connectivity index (χ0v) is 12.7. The number of likely N-dealkylation sites (N-methyl/N-ethyl adjacent to an activating group) is 2. The highest BCUT2D eigenvalue weighted by molar-refractivity contribution is 4.77. The normalized spacial score (nSPS) is 23.5. The van der Waals surface area contributed by atoms with Crippen LogP contribution in [0.15, 0.2) is 0 Å². The van der Waals surface area contributed by atoms with Crippen molar-refractivity contribution in [3.8, 4) is 0 Å². The molecule has 0 aliphatic carbocycles. The van der Waals surface area contributed by atoms with Crippen LogP contribution in [0.4, 0.5) is 0 Å². The van der Waals surface area contributed by atoms with Crippen molar-refractivity contribution in [2.24, 2.45) is 11.7 Å². The van der Waals surface area contributed by atoms with Crippen molar-refractivity contribution in [2.45, 2.75) is 51.5 Å². The molecule has 0 aromatic heterocycles. The van der Waals surface area contributed by atoms with E-state index in [-0.39, 0.29) is 0 Å². The van der Waals surface area contributed by atoms with E-state index in [0.717, 1.165) is 18.5 Å². The van der Waals surface area contributed by atoms with Gasteiger partial charge in [0.05, 0.1) is 0 Å². The predicted molar refractivity (Wildman–Crippen MR) is 79.8 cm³/mol. The largest absolute Gasteiger partial charge is 0.330 e. The van der Waals surface area contributed by atoms with Gasteiger partial charge in [-0.05, 0) is 71.8 Å². The van der Waals surface area contributed by atoms with Gasteiger partial charge in [-0.15, -0.1) is 0 Å². The Hall–Kier alpha value is -0.120. The summed E-state index contributed by atoms with van der Waals surface area (Å²) in [5.74, 6) is 0.845. The lowest BCUT2D eigenvalue weighted by Crippen LogP contribution is -2.45. The Morgan fingerprint density at radius 2 is 2.17 bits per heavy atom. The van der Waals surface area contributed by atoms with Gasteiger partial charge in [0.25, 0.3) is 0 Å². The van der Waals surface area contributed by atoms with E-state index in [2.05, 4.69) is 30.8 Å². The molecule has 2 N–H and O–H groups in total. The maximum Gasteiger partial charge on any atom is 0.0220 e. The van der Waals surface area contributed by atoms with E-state index < -0.39 is 0 Å². The molecule has 0 spiro atoms. The maximum atomic E-state index is 5.65. The maximum absolute atomic E-state index is 5.65. The Kier molecular flexibility index (Phi) is 7.87. The van der Waals surface area contributed by atoms with Crippen molar-refractivity contribution in [2.75, 3.05) is 40.3 Å². The average Bonchev–Trinajstić information content (AvgIpc) is 2.37. The average molecular weight is 255 g/mol. The second-order valence-electron chi connectivity index (χ2n) is 6.03. The monoisotopic (exact) mass is 255 g/mol. The van der Waals surface area contributed by atoms with Gasteiger partial charge in [-0.25, -0.2) is 0 Å². The van der Waals surface area contributed by atoms with Crippen LogP contribution in [0.25, 0.3) is 0 Å². The first kappa shape index (κ1) is 15.9. The number of nitrogens with two attached hydrogens (primary N) is 1. The molecule has 0 amide bonds. The van der Waals surface area contributed by atoms with Crippen molar-refractivity contribution in [3.05, 3.63) is 0 Å². The molecule has 3 heteroatoms. The van der Waals surface area contributed by atoms with Crippen molar-refractivity contribution >= 4 is 0 Å². The summed E-state index contributed by atoms with van der Waals surface area (Å²) in [7, 11) is 4.54. The third-order valence-electron chi connectivity index (χ3n) is 4.50. The van der Waals surface area contributed by atoms with Crippen LogP contribution >= 0.6 is 0 Å². The van der Waals surface area contributed by atoms with Crippen LogP contribution in [0, 0.1) is 5.92 Å². The summed E-state index contributed by atoms with van der Waals surface area (Å²) >= 11 is 0. The van der Waals surface area contributed by atoms with Crippen LogP contribution in [-0.2, 0) is 0 Å². The van der Waals surface area contributed by atoms with Gasteiger partial charge >= 0.3 is 0 Å². The molecule has 1 saturated heterocycles. The van der Waals surface area contributed by atoms with Gasteiger partial charge in [-0.1, -0.05) is 13.3 Å². The van der Waals surface area contributed by atoms with E-state index in [9.17, 15) is 0 Å². The molecule has 1 fully saturated rings. The van der Waals surface area contributed by atoms with Gasteiger partial charge in [-0.3, -0.25) is 0 Å². The Balaban J connectivity index is 2.17. The molecule has 108 valence electrons. The van der Waals surface area contributed by atoms with Gasteiger partial charge in [-0.2, -0.15) is 0 Å². The van der Waals surface area contributed by atoms with Crippen LogP contribution < -0.4 is 5.73 Å². The molecule has 1 heterocycles. The van der Waals surface area contributed by atoms with Crippen LogP contribution in [-0.4, -0.2) is 56.1 Å². The highest BCUT2D eigenvalue weighted by Crippen LogP contribution is 2.17. The van der Waals surface area contributed by atoms with Crippen LogP contribution in [0.2, 0.25) is 0 Å². The van der Waals surface area contributed by atoms with Crippen LogP contribution in [0.1, 0.15) is 45.4 Å². The van der Waals surface area contributed by atoms with Crippen molar-refractivity contribution < 1.29 is 0 Å². The summed E-state index contributed by atoms with van der Waals surface area (Å²) in [6.45, 7) is 6.91. The Labute approximate surface area is 114 Å². The molecule has 2 atom stereocenters. The minimum absolute atomic E-state index is 0.776. The number of piperidine rings is 1.